The number of hydrogen-bond donors (Lipinski definition) is 1. The Balaban J connectivity index is 1.94. The smallest absolute Gasteiger partial charge is 0.223 e. The van der Waals surface area contributed by atoms with Crippen molar-refractivity contribution in [3.8, 4) is 0 Å². The third-order valence-electron chi connectivity index (χ3n) is 7.13. The van der Waals surface area contributed by atoms with E-state index >= 15 is 0 Å². The molecule has 0 aromatic carbocycles. The van der Waals surface area contributed by atoms with Gasteiger partial charge in [-0.05, 0) is 64.6 Å². The van der Waals surface area contributed by atoms with Crippen LogP contribution < -0.4 is 5.32 Å². The van der Waals surface area contributed by atoms with Gasteiger partial charge in [0.1, 0.15) is 0 Å². The lowest BCUT2D eigenvalue weighted by atomic mass is 9.80. The van der Waals surface area contributed by atoms with Crippen molar-refractivity contribution in [2.45, 2.75) is 116 Å². The summed E-state index contributed by atoms with van der Waals surface area (Å²) >= 11 is 0. The standard InChI is InChI=1S/C25H48N2O/c1-27-21-15-10-14-20-26-25(28)24(19-13-16-22-27)23-17-11-8-6-4-2-3-5-7-9-12-18-23/h23-24H,2-22H2,1H3,(H,26,28). The molecule has 3 nitrogen and oxygen atoms in total. The van der Waals surface area contributed by atoms with Gasteiger partial charge in [-0.15, -0.1) is 0 Å². The van der Waals surface area contributed by atoms with Crippen LogP contribution in [0.1, 0.15) is 116 Å². The summed E-state index contributed by atoms with van der Waals surface area (Å²) in [5, 5.41) is 3.32. The van der Waals surface area contributed by atoms with Crippen LogP contribution in [0.15, 0.2) is 0 Å². The monoisotopic (exact) mass is 392 g/mol. The predicted molar refractivity (Wildman–Crippen MR) is 121 cm³/mol. The van der Waals surface area contributed by atoms with Crippen LogP contribution in [0.2, 0.25) is 0 Å². The third kappa shape index (κ3) is 10.3. The highest BCUT2D eigenvalue weighted by molar-refractivity contribution is 5.78. The van der Waals surface area contributed by atoms with Gasteiger partial charge < -0.3 is 10.2 Å². The number of nitrogens with one attached hydrogen (secondary N) is 1. The van der Waals surface area contributed by atoms with Crippen molar-refractivity contribution < 1.29 is 4.79 Å². The van der Waals surface area contributed by atoms with Crippen molar-refractivity contribution in [3.63, 3.8) is 0 Å². The zero-order valence-electron chi connectivity index (χ0n) is 18.9. The van der Waals surface area contributed by atoms with E-state index < -0.39 is 0 Å². The Labute approximate surface area is 175 Å². The summed E-state index contributed by atoms with van der Waals surface area (Å²) in [5.41, 5.74) is 0. The van der Waals surface area contributed by atoms with Gasteiger partial charge in [0.15, 0.2) is 0 Å². The maximum Gasteiger partial charge on any atom is 0.223 e. The van der Waals surface area contributed by atoms with Crippen LogP contribution in [0.5, 0.6) is 0 Å². The van der Waals surface area contributed by atoms with Gasteiger partial charge >= 0.3 is 0 Å². The average Bonchev–Trinajstić information content (AvgIpc) is 2.72. The maximum atomic E-state index is 13.1. The van der Waals surface area contributed by atoms with Crippen molar-refractivity contribution in [1.29, 1.82) is 0 Å². The Morgan fingerprint density at radius 1 is 0.643 bits per heavy atom. The van der Waals surface area contributed by atoms with Crippen molar-refractivity contribution in [2.75, 3.05) is 26.7 Å². The van der Waals surface area contributed by atoms with E-state index in [0.29, 0.717) is 11.8 Å². The Bertz CT molecular complexity index is 384. The van der Waals surface area contributed by atoms with Crippen LogP contribution >= 0.6 is 0 Å². The minimum Gasteiger partial charge on any atom is -0.356 e. The van der Waals surface area contributed by atoms with Crippen LogP contribution in [-0.2, 0) is 4.79 Å². The van der Waals surface area contributed by atoms with Crippen molar-refractivity contribution >= 4 is 5.91 Å². The highest BCUT2D eigenvalue weighted by atomic mass is 16.1. The molecule has 0 aromatic rings. The minimum absolute atomic E-state index is 0.260. The number of nitrogens with zero attached hydrogens (tertiary/aromatic N) is 1. The maximum absolute atomic E-state index is 13.1. The molecule has 0 aromatic heterocycles. The minimum atomic E-state index is 0.260. The Hall–Kier alpha value is -0.570. The fraction of sp³-hybridized carbons (Fsp3) is 0.960. The van der Waals surface area contributed by atoms with Crippen molar-refractivity contribution in [3.05, 3.63) is 0 Å². The van der Waals surface area contributed by atoms with E-state index in [-0.39, 0.29) is 5.92 Å². The first-order valence-electron chi connectivity index (χ1n) is 12.7. The molecule has 1 aliphatic carbocycles. The molecule has 1 unspecified atom stereocenters. The van der Waals surface area contributed by atoms with Gasteiger partial charge in [-0.25, -0.2) is 0 Å². The molecule has 164 valence electrons. The van der Waals surface area contributed by atoms with Gasteiger partial charge in [-0.1, -0.05) is 77.0 Å². The van der Waals surface area contributed by atoms with Crippen LogP contribution in [0.25, 0.3) is 0 Å². The van der Waals surface area contributed by atoms with Gasteiger partial charge in [0.05, 0.1) is 0 Å². The molecule has 0 radical (unpaired) electrons. The van der Waals surface area contributed by atoms with Gasteiger partial charge in [0, 0.05) is 12.5 Å². The zero-order chi connectivity index (χ0) is 19.9. The van der Waals surface area contributed by atoms with E-state index in [9.17, 15) is 4.79 Å². The number of carbonyl (C=O) groups excluding carboxylic acids is 1. The second-order valence-electron chi connectivity index (χ2n) is 9.63. The molecule has 1 amide bonds. The molecule has 1 aliphatic heterocycles. The molecule has 0 bridgehead atoms. The number of hydrogen-bond acceptors (Lipinski definition) is 2. The molecular formula is C25H48N2O. The SMILES string of the molecule is CN1CCCCCNC(=O)C(C2CCCCCCCCCCCC2)CCCC1. The molecule has 1 saturated carbocycles. The molecule has 1 N–H and O–H groups in total. The van der Waals surface area contributed by atoms with E-state index in [1.807, 2.05) is 0 Å². The van der Waals surface area contributed by atoms with Crippen LogP contribution in [-0.4, -0.2) is 37.5 Å². The largest absolute Gasteiger partial charge is 0.356 e. The Kier molecular flexibility index (Phi) is 12.9. The summed E-state index contributed by atoms with van der Waals surface area (Å²) < 4.78 is 0. The second kappa shape index (κ2) is 15.3. The normalized spacial score (nSPS) is 27.8. The summed E-state index contributed by atoms with van der Waals surface area (Å²) in [6.45, 7) is 3.28. The fourth-order valence-corrected chi connectivity index (χ4v) is 5.24. The number of rotatable bonds is 1. The fourth-order valence-electron chi connectivity index (χ4n) is 5.24. The van der Waals surface area contributed by atoms with Crippen LogP contribution in [0.4, 0.5) is 0 Å². The van der Waals surface area contributed by atoms with Gasteiger partial charge in [-0.3, -0.25) is 4.79 Å². The Morgan fingerprint density at radius 3 is 1.71 bits per heavy atom. The zero-order valence-corrected chi connectivity index (χ0v) is 18.9. The topological polar surface area (TPSA) is 32.3 Å². The van der Waals surface area contributed by atoms with E-state index in [0.717, 1.165) is 19.4 Å². The van der Waals surface area contributed by atoms with Crippen LogP contribution in [0, 0.1) is 11.8 Å². The molecule has 2 fully saturated rings. The molecule has 0 spiro atoms. The number of amides is 1. The van der Waals surface area contributed by atoms with Crippen molar-refractivity contribution in [1.82, 2.24) is 10.2 Å². The highest BCUT2D eigenvalue weighted by Gasteiger charge is 2.27. The first-order chi connectivity index (χ1) is 13.8. The second-order valence-corrected chi connectivity index (χ2v) is 9.63. The quantitative estimate of drug-likeness (QED) is 0.566. The van der Waals surface area contributed by atoms with E-state index in [1.165, 1.54) is 116 Å². The van der Waals surface area contributed by atoms with E-state index in [4.69, 9.17) is 0 Å². The molecule has 1 atom stereocenters. The molecule has 1 saturated heterocycles. The molecule has 3 heteroatoms. The van der Waals surface area contributed by atoms with Crippen molar-refractivity contribution in [2.24, 2.45) is 11.8 Å². The lowest BCUT2D eigenvalue weighted by molar-refractivity contribution is -0.127. The molecule has 2 rings (SSSR count). The first kappa shape index (κ1) is 23.7. The summed E-state index contributed by atoms with van der Waals surface area (Å²) in [6.07, 6.45) is 23.6. The van der Waals surface area contributed by atoms with E-state index in [2.05, 4.69) is 17.3 Å². The highest BCUT2D eigenvalue weighted by Crippen LogP contribution is 2.30. The van der Waals surface area contributed by atoms with Crippen LogP contribution in [0.3, 0.4) is 0 Å². The van der Waals surface area contributed by atoms with Gasteiger partial charge in [0.2, 0.25) is 5.91 Å². The predicted octanol–water partition coefficient (Wildman–Crippen LogP) is 6.32. The Morgan fingerprint density at radius 2 is 1.11 bits per heavy atom. The molecule has 2 aliphatic rings. The number of carbonyl (C=O) groups is 1. The van der Waals surface area contributed by atoms with E-state index in [1.54, 1.807) is 0 Å². The lowest BCUT2D eigenvalue weighted by Gasteiger charge is -2.27. The summed E-state index contributed by atoms with van der Waals surface area (Å²) in [6, 6.07) is 0. The summed E-state index contributed by atoms with van der Waals surface area (Å²) in [7, 11) is 2.26. The summed E-state index contributed by atoms with van der Waals surface area (Å²) in [4.78, 5) is 15.6. The first-order valence-corrected chi connectivity index (χ1v) is 12.7. The third-order valence-corrected chi connectivity index (χ3v) is 7.13. The summed E-state index contributed by atoms with van der Waals surface area (Å²) in [5.74, 6) is 1.25. The molecular weight excluding hydrogens is 344 g/mol. The van der Waals surface area contributed by atoms with Gasteiger partial charge in [0.25, 0.3) is 0 Å². The molecule has 28 heavy (non-hydrogen) atoms. The molecule has 1 heterocycles. The lowest BCUT2D eigenvalue weighted by Crippen LogP contribution is -2.36. The average molecular weight is 393 g/mol. The van der Waals surface area contributed by atoms with Gasteiger partial charge in [-0.2, -0.15) is 0 Å².